The summed E-state index contributed by atoms with van der Waals surface area (Å²) >= 11 is 5.13. The fourth-order valence-electron chi connectivity index (χ4n) is 1.56. The van der Waals surface area contributed by atoms with Gasteiger partial charge in [0.05, 0.1) is 0 Å². The largest absolute Gasteiger partial charge is 0.324 e. The molecular formula is C14H13N3OS. The van der Waals surface area contributed by atoms with Gasteiger partial charge < -0.3 is 5.32 Å². The fraction of sp³-hybridized carbons (Fsp3) is 0.0714. The number of benzene rings is 1. The first-order valence-corrected chi connectivity index (χ1v) is 6.15. The number of nitrogens with one attached hydrogen (secondary N) is 2. The van der Waals surface area contributed by atoms with Crippen molar-refractivity contribution < 1.29 is 4.79 Å². The number of thiocarbonyl (C=S) groups is 1. The van der Waals surface area contributed by atoms with E-state index in [1.165, 1.54) is 0 Å². The lowest BCUT2D eigenvalue weighted by molar-refractivity contribution is 0.256. The molecule has 2 aromatic rings. The average molecular weight is 271 g/mol. The molecule has 19 heavy (non-hydrogen) atoms. The number of carbonyl (C=O) groups is 1. The fourth-order valence-corrected chi connectivity index (χ4v) is 1.77. The van der Waals surface area contributed by atoms with Crippen LogP contribution in [0.4, 0.5) is 10.5 Å². The van der Waals surface area contributed by atoms with Gasteiger partial charge in [0, 0.05) is 23.6 Å². The Morgan fingerprint density at radius 3 is 2.79 bits per heavy atom. The number of aryl methyl sites for hydroxylation is 1. The summed E-state index contributed by atoms with van der Waals surface area (Å²) in [6, 6.07) is 10.7. The highest BCUT2D eigenvalue weighted by molar-refractivity contribution is 7.80. The van der Waals surface area contributed by atoms with Crippen LogP contribution in [-0.2, 0) is 0 Å². The molecular weight excluding hydrogens is 258 g/mol. The third-order valence-corrected chi connectivity index (χ3v) is 2.76. The molecule has 2 N–H and O–H groups in total. The Labute approximate surface area is 116 Å². The zero-order valence-electron chi connectivity index (χ0n) is 10.4. The van der Waals surface area contributed by atoms with Gasteiger partial charge in [-0.3, -0.25) is 10.3 Å². The molecule has 0 radical (unpaired) electrons. The van der Waals surface area contributed by atoms with Crippen molar-refractivity contribution in [2.75, 3.05) is 5.32 Å². The molecule has 0 bridgehead atoms. The first-order chi connectivity index (χ1) is 9.15. The molecule has 0 aliphatic heterocycles. The normalized spacial score (nSPS) is 9.74. The van der Waals surface area contributed by atoms with Gasteiger partial charge in [-0.1, -0.05) is 24.4 Å². The number of pyridine rings is 1. The smallest absolute Gasteiger partial charge is 0.308 e. The standard InChI is InChI=1S/C14H13N3OS/c1-10-4-2-6-12(8-10)16-14(18)17-13(19)11-5-3-7-15-9-11/h2-9H,1H3,(H2,16,17,18,19). The summed E-state index contributed by atoms with van der Waals surface area (Å²) in [4.78, 5) is 16.1. The molecule has 0 saturated heterocycles. The number of carbonyl (C=O) groups excluding carboxylic acids is 1. The molecule has 2 amide bonds. The summed E-state index contributed by atoms with van der Waals surface area (Å²) < 4.78 is 0. The molecule has 0 aliphatic rings. The number of urea groups is 1. The van der Waals surface area contributed by atoms with Crippen molar-refractivity contribution >= 4 is 28.9 Å². The van der Waals surface area contributed by atoms with Crippen LogP contribution >= 0.6 is 12.2 Å². The molecule has 0 saturated carbocycles. The maximum absolute atomic E-state index is 11.8. The third kappa shape index (κ3) is 3.86. The molecule has 0 spiro atoms. The second kappa shape index (κ2) is 6.06. The number of anilines is 1. The van der Waals surface area contributed by atoms with E-state index in [9.17, 15) is 4.79 Å². The van der Waals surface area contributed by atoms with Crippen LogP contribution in [0.1, 0.15) is 11.1 Å². The minimum Gasteiger partial charge on any atom is -0.308 e. The highest BCUT2D eigenvalue weighted by atomic mass is 32.1. The van der Waals surface area contributed by atoms with E-state index in [0.29, 0.717) is 10.6 Å². The minimum atomic E-state index is -0.362. The number of nitrogens with zero attached hydrogens (tertiary/aromatic N) is 1. The molecule has 1 heterocycles. The van der Waals surface area contributed by atoms with E-state index in [2.05, 4.69) is 15.6 Å². The first kappa shape index (κ1) is 13.2. The minimum absolute atomic E-state index is 0.346. The van der Waals surface area contributed by atoms with Gasteiger partial charge in [-0.2, -0.15) is 0 Å². The third-order valence-electron chi connectivity index (χ3n) is 2.43. The van der Waals surface area contributed by atoms with Gasteiger partial charge in [-0.15, -0.1) is 0 Å². The molecule has 0 fully saturated rings. The summed E-state index contributed by atoms with van der Waals surface area (Å²) in [6.07, 6.45) is 3.26. The van der Waals surface area contributed by atoms with Crippen LogP contribution in [-0.4, -0.2) is 16.0 Å². The highest BCUT2D eigenvalue weighted by Crippen LogP contribution is 2.09. The van der Waals surface area contributed by atoms with Crippen LogP contribution in [0.2, 0.25) is 0 Å². The second-order valence-electron chi connectivity index (χ2n) is 4.02. The Hall–Kier alpha value is -2.27. The predicted octanol–water partition coefficient (Wildman–Crippen LogP) is 2.89. The Morgan fingerprint density at radius 2 is 2.11 bits per heavy atom. The summed E-state index contributed by atoms with van der Waals surface area (Å²) in [5.41, 5.74) is 2.51. The van der Waals surface area contributed by atoms with Crippen molar-refractivity contribution in [1.82, 2.24) is 10.3 Å². The zero-order chi connectivity index (χ0) is 13.7. The lowest BCUT2D eigenvalue weighted by Crippen LogP contribution is -2.33. The van der Waals surface area contributed by atoms with Crippen LogP contribution in [0.25, 0.3) is 0 Å². The van der Waals surface area contributed by atoms with Crippen LogP contribution in [0, 0.1) is 6.92 Å². The molecule has 2 rings (SSSR count). The average Bonchev–Trinajstić information content (AvgIpc) is 2.39. The molecule has 1 aromatic heterocycles. The number of aromatic nitrogens is 1. The second-order valence-corrected chi connectivity index (χ2v) is 4.43. The van der Waals surface area contributed by atoms with E-state index in [1.807, 2.05) is 31.2 Å². The van der Waals surface area contributed by atoms with E-state index >= 15 is 0 Å². The van der Waals surface area contributed by atoms with E-state index in [1.54, 1.807) is 24.5 Å². The van der Waals surface area contributed by atoms with Crippen LogP contribution < -0.4 is 10.6 Å². The summed E-state index contributed by atoms with van der Waals surface area (Å²) in [7, 11) is 0. The van der Waals surface area contributed by atoms with E-state index < -0.39 is 0 Å². The zero-order valence-corrected chi connectivity index (χ0v) is 11.2. The van der Waals surface area contributed by atoms with E-state index in [4.69, 9.17) is 12.2 Å². The van der Waals surface area contributed by atoms with Gasteiger partial charge in [0.25, 0.3) is 0 Å². The Kier molecular flexibility index (Phi) is 4.20. The highest BCUT2D eigenvalue weighted by Gasteiger charge is 2.06. The molecule has 1 aromatic carbocycles. The van der Waals surface area contributed by atoms with Gasteiger partial charge in [0.2, 0.25) is 0 Å². The van der Waals surface area contributed by atoms with Crippen molar-refractivity contribution in [1.29, 1.82) is 0 Å². The Balaban J connectivity index is 1.97. The van der Waals surface area contributed by atoms with E-state index in [-0.39, 0.29) is 6.03 Å². The Morgan fingerprint density at radius 1 is 1.26 bits per heavy atom. The first-order valence-electron chi connectivity index (χ1n) is 5.74. The summed E-state index contributed by atoms with van der Waals surface area (Å²) in [5, 5.41) is 5.33. The number of amides is 2. The molecule has 0 atom stereocenters. The van der Waals surface area contributed by atoms with Crippen LogP contribution in [0.5, 0.6) is 0 Å². The number of hydrogen-bond acceptors (Lipinski definition) is 3. The van der Waals surface area contributed by atoms with E-state index in [0.717, 1.165) is 11.3 Å². The van der Waals surface area contributed by atoms with Crippen molar-refractivity contribution in [2.45, 2.75) is 6.92 Å². The lowest BCUT2D eigenvalue weighted by Gasteiger charge is -2.08. The van der Waals surface area contributed by atoms with Gasteiger partial charge >= 0.3 is 6.03 Å². The Bertz CT molecular complexity index is 599. The van der Waals surface area contributed by atoms with Crippen molar-refractivity contribution in [3.05, 3.63) is 59.9 Å². The van der Waals surface area contributed by atoms with Crippen molar-refractivity contribution in [3.63, 3.8) is 0 Å². The SMILES string of the molecule is Cc1cccc(NC(=O)NC(=S)c2cccnc2)c1. The quantitative estimate of drug-likeness (QED) is 0.826. The van der Waals surface area contributed by atoms with Crippen LogP contribution in [0.3, 0.4) is 0 Å². The van der Waals surface area contributed by atoms with Gasteiger partial charge in [0.15, 0.2) is 0 Å². The topological polar surface area (TPSA) is 54.0 Å². The van der Waals surface area contributed by atoms with Crippen LogP contribution in [0.15, 0.2) is 48.8 Å². The number of rotatable bonds is 2. The monoisotopic (exact) mass is 271 g/mol. The summed E-state index contributed by atoms with van der Waals surface area (Å²) in [6.45, 7) is 1.96. The molecule has 0 aliphatic carbocycles. The lowest BCUT2D eigenvalue weighted by atomic mass is 10.2. The predicted molar refractivity (Wildman–Crippen MR) is 79.3 cm³/mol. The van der Waals surface area contributed by atoms with Crippen molar-refractivity contribution in [3.8, 4) is 0 Å². The maximum atomic E-state index is 11.8. The van der Waals surface area contributed by atoms with Gasteiger partial charge in [-0.25, -0.2) is 4.79 Å². The molecule has 4 nitrogen and oxygen atoms in total. The number of hydrogen-bond donors (Lipinski definition) is 2. The molecule has 5 heteroatoms. The maximum Gasteiger partial charge on any atom is 0.324 e. The van der Waals surface area contributed by atoms with Gasteiger partial charge in [-0.05, 0) is 36.8 Å². The van der Waals surface area contributed by atoms with Gasteiger partial charge in [0.1, 0.15) is 4.99 Å². The van der Waals surface area contributed by atoms with Crippen molar-refractivity contribution in [2.24, 2.45) is 0 Å². The summed E-state index contributed by atoms with van der Waals surface area (Å²) in [5.74, 6) is 0. The molecule has 96 valence electrons. The molecule has 0 unspecified atom stereocenters.